The van der Waals surface area contributed by atoms with Gasteiger partial charge in [-0.2, -0.15) is 0 Å². The Labute approximate surface area is 121 Å². The number of halogens is 1. The second-order valence-electron chi connectivity index (χ2n) is 4.93. The van der Waals surface area contributed by atoms with Gasteiger partial charge in [-0.15, -0.1) is 0 Å². The standard InChI is InChI=1S/C13H16ClN3O3/c14-11-7-15-6-10(17-11)12(18)16-5-8-3-1-2-4-9(8)13(19)20/h6-9H,1-5H2,(H,16,18)(H,19,20). The summed E-state index contributed by atoms with van der Waals surface area (Å²) >= 11 is 5.67. The second kappa shape index (κ2) is 6.65. The van der Waals surface area contributed by atoms with Crippen LogP contribution in [-0.4, -0.2) is 33.5 Å². The van der Waals surface area contributed by atoms with Crippen LogP contribution in [0.15, 0.2) is 12.4 Å². The first-order valence-electron chi connectivity index (χ1n) is 6.56. The molecule has 1 fully saturated rings. The van der Waals surface area contributed by atoms with E-state index >= 15 is 0 Å². The SMILES string of the molecule is O=C(NCC1CCCCC1C(=O)O)c1cncc(Cl)n1. The van der Waals surface area contributed by atoms with Crippen molar-refractivity contribution in [2.45, 2.75) is 25.7 Å². The molecular formula is C13H16ClN3O3. The maximum atomic E-state index is 11.9. The molecule has 1 aromatic rings. The average Bonchev–Trinajstić information content (AvgIpc) is 2.45. The van der Waals surface area contributed by atoms with Gasteiger partial charge in [0.1, 0.15) is 10.8 Å². The lowest BCUT2D eigenvalue weighted by Gasteiger charge is -2.28. The number of nitrogens with one attached hydrogen (secondary N) is 1. The molecule has 0 bridgehead atoms. The summed E-state index contributed by atoms with van der Waals surface area (Å²) in [6.07, 6.45) is 6.10. The lowest BCUT2D eigenvalue weighted by atomic mass is 9.79. The molecule has 20 heavy (non-hydrogen) atoms. The molecule has 1 aliphatic carbocycles. The monoisotopic (exact) mass is 297 g/mol. The van der Waals surface area contributed by atoms with Gasteiger partial charge in [-0.3, -0.25) is 14.6 Å². The summed E-state index contributed by atoms with van der Waals surface area (Å²) in [5, 5.41) is 12.0. The Morgan fingerprint density at radius 3 is 2.80 bits per heavy atom. The van der Waals surface area contributed by atoms with Crippen molar-refractivity contribution in [3.05, 3.63) is 23.2 Å². The van der Waals surface area contributed by atoms with Gasteiger partial charge in [-0.25, -0.2) is 4.98 Å². The Hall–Kier alpha value is -1.69. The summed E-state index contributed by atoms with van der Waals surface area (Å²) in [6.45, 7) is 0.337. The minimum absolute atomic E-state index is 0.0302. The minimum atomic E-state index is -0.786. The van der Waals surface area contributed by atoms with Crippen molar-refractivity contribution in [1.29, 1.82) is 0 Å². The van der Waals surface area contributed by atoms with Gasteiger partial charge in [0.25, 0.3) is 5.91 Å². The van der Waals surface area contributed by atoms with Crippen molar-refractivity contribution in [2.75, 3.05) is 6.54 Å². The van der Waals surface area contributed by atoms with Crippen LogP contribution in [0.5, 0.6) is 0 Å². The summed E-state index contributed by atoms with van der Waals surface area (Å²) in [5.74, 6) is -1.58. The van der Waals surface area contributed by atoms with Crippen LogP contribution in [0.4, 0.5) is 0 Å². The van der Waals surface area contributed by atoms with Gasteiger partial charge < -0.3 is 10.4 Å². The van der Waals surface area contributed by atoms with Crippen LogP contribution < -0.4 is 5.32 Å². The molecule has 0 spiro atoms. The third-order valence-electron chi connectivity index (χ3n) is 3.59. The van der Waals surface area contributed by atoms with E-state index in [1.165, 1.54) is 12.4 Å². The van der Waals surface area contributed by atoms with Gasteiger partial charge in [-0.1, -0.05) is 24.4 Å². The summed E-state index contributed by atoms with van der Waals surface area (Å²) in [4.78, 5) is 30.7. The number of carboxylic acid groups (broad SMARTS) is 1. The first-order valence-corrected chi connectivity index (χ1v) is 6.94. The number of aliphatic carboxylic acids is 1. The second-order valence-corrected chi connectivity index (χ2v) is 5.31. The molecule has 2 N–H and O–H groups in total. The number of hydrogen-bond acceptors (Lipinski definition) is 4. The Bertz CT molecular complexity index is 509. The Morgan fingerprint density at radius 2 is 2.10 bits per heavy atom. The first kappa shape index (κ1) is 14.7. The third kappa shape index (κ3) is 3.66. The van der Waals surface area contributed by atoms with E-state index in [0.717, 1.165) is 19.3 Å². The largest absolute Gasteiger partial charge is 0.481 e. The van der Waals surface area contributed by atoms with Crippen molar-refractivity contribution in [3.63, 3.8) is 0 Å². The smallest absolute Gasteiger partial charge is 0.306 e. The number of carbonyl (C=O) groups excluding carboxylic acids is 1. The van der Waals surface area contributed by atoms with Crippen molar-refractivity contribution in [3.8, 4) is 0 Å². The molecule has 6 nitrogen and oxygen atoms in total. The van der Waals surface area contributed by atoms with Gasteiger partial charge in [0, 0.05) is 6.54 Å². The third-order valence-corrected chi connectivity index (χ3v) is 3.77. The zero-order valence-electron chi connectivity index (χ0n) is 10.9. The van der Waals surface area contributed by atoms with E-state index in [9.17, 15) is 14.7 Å². The van der Waals surface area contributed by atoms with Crippen LogP contribution in [0.3, 0.4) is 0 Å². The number of nitrogens with zero attached hydrogens (tertiary/aromatic N) is 2. The van der Waals surface area contributed by atoms with Crippen LogP contribution in [0, 0.1) is 11.8 Å². The molecular weight excluding hydrogens is 282 g/mol. The number of hydrogen-bond donors (Lipinski definition) is 2. The summed E-state index contributed by atoms with van der Waals surface area (Å²) in [7, 11) is 0. The van der Waals surface area contributed by atoms with E-state index in [1.54, 1.807) is 0 Å². The fourth-order valence-electron chi connectivity index (χ4n) is 2.54. The van der Waals surface area contributed by atoms with Gasteiger partial charge in [0.15, 0.2) is 0 Å². The number of carbonyl (C=O) groups is 2. The predicted octanol–water partition coefficient (Wildman–Crippen LogP) is 1.75. The highest BCUT2D eigenvalue weighted by molar-refractivity contribution is 6.29. The highest BCUT2D eigenvalue weighted by Gasteiger charge is 2.30. The Kier molecular flexibility index (Phi) is 4.89. The number of carboxylic acids is 1. The minimum Gasteiger partial charge on any atom is -0.481 e. The molecule has 1 heterocycles. The zero-order valence-corrected chi connectivity index (χ0v) is 11.6. The highest BCUT2D eigenvalue weighted by Crippen LogP contribution is 2.29. The molecule has 0 aromatic carbocycles. The maximum absolute atomic E-state index is 11.9. The van der Waals surface area contributed by atoms with Crippen molar-refractivity contribution >= 4 is 23.5 Å². The quantitative estimate of drug-likeness (QED) is 0.883. The summed E-state index contributed by atoms with van der Waals surface area (Å²) in [6, 6.07) is 0. The molecule has 0 aliphatic heterocycles. The fourth-order valence-corrected chi connectivity index (χ4v) is 2.69. The molecule has 1 aliphatic rings. The van der Waals surface area contributed by atoms with Crippen LogP contribution in [0.2, 0.25) is 5.15 Å². The lowest BCUT2D eigenvalue weighted by molar-refractivity contribution is -0.144. The first-order chi connectivity index (χ1) is 9.58. The molecule has 2 atom stereocenters. The van der Waals surface area contributed by atoms with Crippen molar-refractivity contribution < 1.29 is 14.7 Å². The predicted molar refractivity (Wildman–Crippen MR) is 72.5 cm³/mol. The molecule has 2 unspecified atom stereocenters. The topological polar surface area (TPSA) is 92.2 Å². The molecule has 108 valence electrons. The molecule has 0 radical (unpaired) electrons. The van der Waals surface area contributed by atoms with Crippen molar-refractivity contribution in [2.24, 2.45) is 11.8 Å². The number of rotatable bonds is 4. The molecule has 7 heteroatoms. The van der Waals surface area contributed by atoms with E-state index < -0.39 is 5.97 Å². The number of aromatic nitrogens is 2. The highest BCUT2D eigenvalue weighted by atomic mass is 35.5. The molecule has 1 amide bonds. The Balaban J connectivity index is 1.93. The normalized spacial score (nSPS) is 22.2. The van der Waals surface area contributed by atoms with Crippen molar-refractivity contribution in [1.82, 2.24) is 15.3 Å². The molecule has 0 saturated heterocycles. The van der Waals surface area contributed by atoms with E-state index in [1.807, 2.05) is 0 Å². The number of amides is 1. The van der Waals surface area contributed by atoms with E-state index in [2.05, 4.69) is 15.3 Å². The van der Waals surface area contributed by atoms with Gasteiger partial charge in [0.2, 0.25) is 0 Å². The molecule has 2 rings (SSSR count). The average molecular weight is 298 g/mol. The fraction of sp³-hybridized carbons (Fsp3) is 0.538. The van der Waals surface area contributed by atoms with E-state index in [4.69, 9.17) is 11.6 Å². The van der Waals surface area contributed by atoms with Crippen LogP contribution >= 0.6 is 11.6 Å². The van der Waals surface area contributed by atoms with Gasteiger partial charge >= 0.3 is 5.97 Å². The summed E-state index contributed by atoms with van der Waals surface area (Å²) in [5.41, 5.74) is 0.139. The van der Waals surface area contributed by atoms with Crippen LogP contribution in [-0.2, 0) is 4.79 Å². The van der Waals surface area contributed by atoms with E-state index in [-0.39, 0.29) is 28.6 Å². The van der Waals surface area contributed by atoms with Crippen LogP contribution in [0.1, 0.15) is 36.2 Å². The van der Waals surface area contributed by atoms with Gasteiger partial charge in [0.05, 0.1) is 18.3 Å². The molecule has 1 saturated carbocycles. The maximum Gasteiger partial charge on any atom is 0.306 e. The van der Waals surface area contributed by atoms with Gasteiger partial charge in [-0.05, 0) is 18.8 Å². The summed E-state index contributed by atoms with van der Waals surface area (Å²) < 4.78 is 0. The Morgan fingerprint density at radius 1 is 1.35 bits per heavy atom. The van der Waals surface area contributed by atoms with Crippen LogP contribution in [0.25, 0.3) is 0 Å². The molecule has 1 aromatic heterocycles. The van der Waals surface area contributed by atoms with E-state index in [0.29, 0.717) is 13.0 Å². The lowest BCUT2D eigenvalue weighted by Crippen LogP contribution is -2.37. The zero-order chi connectivity index (χ0) is 14.5.